The second-order valence-corrected chi connectivity index (χ2v) is 6.55. The zero-order valence-electron chi connectivity index (χ0n) is 13.2. The molecular formula is C19H15NO4S. The fraction of sp³-hybridized carbons (Fsp3) is 0.158. The van der Waals surface area contributed by atoms with Gasteiger partial charge in [0.05, 0.1) is 0 Å². The fourth-order valence-corrected chi connectivity index (χ4v) is 3.50. The first-order chi connectivity index (χ1) is 12.2. The average molecular weight is 353 g/mol. The second-order valence-electron chi connectivity index (χ2n) is 5.73. The Kier molecular flexibility index (Phi) is 4.11. The Balaban J connectivity index is 1.50. The summed E-state index contributed by atoms with van der Waals surface area (Å²) in [5, 5.41) is 10.7. The highest BCUT2D eigenvalue weighted by molar-refractivity contribution is 7.11. The molecule has 1 aromatic heterocycles. The number of fused-ring (bicyclic) bond motifs is 1. The van der Waals surface area contributed by atoms with Crippen LogP contribution < -0.4 is 9.47 Å². The van der Waals surface area contributed by atoms with Crippen LogP contribution in [-0.4, -0.2) is 16.1 Å². The predicted molar refractivity (Wildman–Crippen MR) is 93.7 cm³/mol. The Morgan fingerprint density at radius 1 is 1.24 bits per heavy atom. The van der Waals surface area contributed by atoms with Gasteiger partial charge >= 0.3 is 5.97 Å². The van der Waals surface area contributed by atoms with Crippen molar-refractivity contribution in [3.05, 3.63) is 70.7 Å². The van der Waals surface area contributed by atoms with E-state index in [9.17, 15) is 4.79 Å². The van der Waals surface area contributed by atoms with Crippen molar-refractivity contribution < 1.29 is 19.4 Å². The van der Waals surface area contributed by atoms with Gasteiger partial charge in [0, 0.05) is 5.38 Å². The van der Waals surface area contributed by atoms with E-state index in [1.54, 1.807) is 0 Å². The fourth-order valence-electron chi connectivity index (χ4n) is 2.83. The first kappa shape index (κ1) is 15.7. The van der Waals surface area contributed by atoms with Crippen LogP contribution in [0.3, 0.4) is 0 Å². The number of rotatable bonds is 4. The van der Waals surface area contributed by atoms with Gasteiger partial charge < -0.3 is 14.6 Å². The standard InChI is InChI=1S/C19H15NO4S/c21-18(22)15-11-25-19(20-15)23-14-7-9-17-13(10-14)6-8-16(24-17)12-4-2-1-3-5-12/h1-5,7,9-11,16H,6,8H2,(H,21,22). The maximum atomic E-state index is 10.9. The third kappa shape index (κ3) is 3.34. The number of hydrogen-bond acceptors (Lipinski definition) is 5. The summed E-state index contributed by atoms with van der Waals surface area (Å²) in [5.41, 5.74) is 2.25. The van der Waals surface area contributed by atoms with E-state index in [-0.39, 0.29) is 11.8 Å². The molecule has 0 saturated heterocycles. The average Bonchev–Trinajstić information content (AvgIpc) is 3.11. The lowest BCUT2D eigenvalue weighted by Crippen LogP contribution is -2.15. The van der Waals surface area contributed by atoms with Crippen LogP contribution in [0.2, 0.25) is 0 Å². The Morgan fingerprint density at radius 3 is 2.84 bits per heavy atom. The predicted octanol–water partition coefficient (Wildman–Crippen LogP) is 4.70. The summed E-state index contributed by atoms with van der Waals surface area (Å²) in [7, 11) is 0. The molecule has 1 atom stereocenters. The maximum Gasteiger partial charge on any atom is 0.355 e. The van der Waals surface area contributed by atoms with Crippen LogP contribution in [0.25, 0.3) is 0 Å². The topological polar surface area (TPSA) is 68.7 Å². The van der Waals surface area contributed by atoms with Gasteiger partial charge in [-0.1, -0.05) is 41.7 Å². The normalized spacial score (nSPS) is 15.9. The van der Waals surface area contributed by atoms with Gasteiger partial charge in [0.2, 0.25) is 0 Å². The van der Waals surface area contributed by atoms with E-state index >= 15 is 0 Å². The highest BCUT2D eigenvalue weighted by Crippen LogP contribution is 2.37. The Labute approximate surface area is 148 Å². The van der Waals surface area contributed by atoms with Crippen LogP contribution in [0.15, 0.2) is 53.9 Å². The van der Waals surface area contributed by atoms with Crippen molar-refractivity contribution in [3.8, 4) is 16.7 Å². The van der Waals surface area contributed by atoms with Gasteiger partial charge in [-0.25, -0.2) is 4.79 Å². The molecule has 5 nitrogen and oxygen atoms in total. The molecule has 3 aromatic rings. The van der Waals surface area contributed by atoms with Gasteiger partial charge in [-0.05, 0) is 42.2 Å². The highest BCUT2D eigenvalue weighted by Gasteiger charge is 2.22. The number of benzene rings is 2. The molecule has 25 heavy (non-hydrogen) atoms. The van der Waals surface area contributed by atoms with E-state index in [4.69, 9.17) is 14.6 Å². The number of carboxylic acids is 1. The Hall–Kier alpha value is -2.86. The minimum absolute atomic E-state index is 0.00741. The largest absolute Gasteiger partial charge is 0.485 e. The summed E-state index contributed by atoms with van der Waals surface area (Å²) in [6, 6.07) is 15.8. The molecule has 2 aromatic carbocycles. The van der Waals surface area contributed by atoms with Crippen LogP contribution in [-0.2, 0) is 6.42 Å². The van der Waals surface area contributed by atoms with E-state index in [1.165, 1.54) is 10.9 Å². The quantitative estimate of drug-likeness (QED) is 0.736. The zero-order chi connectivity index (χ0) is 17.2. The van der Waals surface area contributed by atoms with Gasteiger partial charge in [0.25, 0.3) is 5.19 Å². The second kappa shape index (κ2) is 6.57. The van der Waals surface area contributed by atoms with Crippen molar-refractivity contribution in [2.75, 3.05) is 0 Å². The SMILES string of the molecule is O=C(O)c1csc(Oc2ccc3c(c2)CCC(c2ccccc2)O3)n1. The Bertz CT molecular complexity index is 907. The molecule has 6 heteroatoms. The van der Waals surface area contributed by atoms with Crippen molar-refractivity contribution in [2.24, 2.45) is 0 Å². The van der Waals surface area contributed by atoms with Gasteiger partial charge in [-0.2, -0.15) is 4.98 Å². The number of hydrogen-bond donors (Lipinski definition) is 1. The van der Waals surface area contributed by atoms with Crippen LogP contribution in [0, 0.1) is 0 Å². The van der Waals surface area contributed by atoms with Crippen molar-refractivity contribution in [3.63, 3.8) is 0 Å². The summed E-state index contributed by atoms with van der Waals surface area (Å²) in [4.78, 5) is 14.8. The molecule has 0 radical (unpaired) electrons. The third-order valence-electron chi connectivity index (χ3n) is 4.06. The van der Waals surface area contributed by atoms with Gasteiger partial charge in [-0.3, -0.25) is 0 Å². The summed E-state index contributed by atoms with van der Waals surface area (Å²) >= 11 is 1.16. The van der Waals surface area contributed by atoms with Gasteiger partial charge in [0.15, 0.2) is 5.69 Å². The maximum absolute atomic E-state index is 10.9. The van der Waals surface area contributed by atoms with Crippen LogP contribution >= 0.6 is 11.3 Å². The zero-order valence-corrected chi connectivity index (χ0v) is 14.0. The summed E-state index contributed by atoms with van der Waals surface area (Å²) < 4.78 is 11.8. The van der Waals surface area contributed by atoms with Crippen LogP contribution in [0.1, 0.15) is 34.1 Å². The summed E-state index contributed by atoms with van der Waals surface area (Å²) in [6.07, 6.45) is 1.86. The molecule has 0 saturated carbocycles. The van der Waals surface area contributed by atoms with E-state index in [0.717, 1.165) is 35.5 Å². The van der Waals surface area contributed by atoms with Crippen LogP contribution in [0.4, 0.5) is 0 Å². The molecule has 0 spiro atoms. The van der Waals surface area contributed by atoms with E-state index in [1.807, 2.05) is 36.4 Å². The molecule has 1 aliphatic heterocycles. The number of aromatic carboxylic acids is 1. The molecule has 1 aliphatic rings. The lowest BCUT2D eigenvalue weighted by molar-refractivity contribution is 0.0690. The lowest BCUT2D eigenvalue weighted by Gasteiger charge is -2.26. The number of carbonyl (C=O) groups is 1. The first-order valence-corrected chi connectivity index (χ1v) is 8.78. The third-order valence-corrected chi connectivity index (χ3v) is 4.77. The van der Waals surface area contributed by atoms with Crippen molar-refractivity contribution >= 4 is 17.3 Å². The number of carboxylic acid groups (broad SMARTS) is 1. The molecule has 1 unspecified atom stereocenters. The summed E-state index contributed by atoms with van der Waals surface area (Å²) in [6.45, 7) is 0. The number of ether oxygens (including phenoxy) is 2. The van der Waals surface area contributed by atoms with Gasteiger partial charge in [0.1, 0.15) is 17.6 Å². The van der Waals surface area contributed by atoms with Gasteiger partial charge in [-0.15, -0.1) is 0 Å². The molecule has 0 bridgehead atoms. The number of nitrogens with zero attached hydrogens (tertiary/aromatic N) is 1. The minimum atomic E-state index is -1.06. The van der Waals surface area contributed by atoms with E-state index in [2.05, 4.69) is 17.1 Å². The molecule has 1 N–H and O–H groups in total. The molecule has 0 aliphatic carbocycles. The first-order valence-electron chi connectivity index (χ1n) is 7.90. The van der Waals surface area contributed by atoms with Crippen LogP contribution in [0.5, 0.6) is 16.7 Å². The molecule has 126 valence electrons. The minimum Gasteiger partial charge on any atom is -0.485 e. The smallest absolute Gasteiger partial charge is 0.355 e. The molecule has 0 fully saturated rings. The summed E-state index contributed by atoms with van der Waals surface area (Å²) in [5.74, 6) is 0.432. The molecular weight excluding hydrogens is 338 g/mol. The van der Waals surface area contributed by atoms with E-state index in [0.29, 0.717) is 10.9 Å². The monoisotopic (exact) mass is 353 g/mol. The van der Waals surface area contributed by atoms with E-state index < -0.39 is 5.97 Å². The molecule has 2 heterocycles. The Morgan fingerprint density at radius 2 is 2.08 bits per heavy atom. The van der Waals surface area contributed by atoms with Crippen molar-refractivity contribution in [1.82, 2.24) is 4.98 Å². The van der Waals surface area contributed by atoms with Crippen molar-refractivity contribution in [1.29, 1.82) is 0 Å². The number of aryl methyl sites for hydroxylation is 1. The lowest BCUT2D eigenvalue weighted by atomic mass is 9.97. The highest BCUT2D eigenvalue weighted by atomic mass is 32.1. The number of thiazole rings is 1. The molecule has 0 amide bonds. The molecule has 4 rings (SSSR count). The van der Waals surface area contributed by atoms with Crippen molar-refractivity contribution in [2.45, 2.75) is 18.9 Å². The number of aromatic nitrogens is 1.